The summed E-state index contributed by atoms with van der Waals surface area (Å²) in [7, 11) is 0. The summed E-state index contributed by atoms with van der Waals surface area (Å²) in [5, 5.41) is 3.29. The molecular formula is C12H19NO2. The quantitative estimate of drug-likeness (QED) is 0.781. The molecule has 1 aliphatic rings. The molecule has 2 rings (SSSR count). The molecule has 1 aliphatic carbocycles. The molecule has 0 aliphatic heterocycles. The van der Waals surface area contributed by atoms with Gasteiger partial charge in [-0.1, -0.05) is 6.92 Å². The van der Waals surface area contributed by atoms with E-state index >= 15 is 0 Å². The van der Waals surface area contributed by atoms with Crippen molar-refractivity contribution < 1.29 is 9.15 Å². The van der Waals surface area contributed by atoms with Gasteiger partial charge in [0.05, 0.1) is 12.4 Å². The Balaban J connectivity index is 1.80. The third-order valence-corrected chi connectivity index (χ3v) is 2.91. The van der Waals surface area contributed by atoms with Gasteiger partial charge in [0, 0.05) is 12.1 Å². The highest BCUT2D eigenvalue weighted by atomic mass is 16.5. The Hall–Kier alpha value is -0.800. The molecule has 0 aromatic carbocycles. The molecular weight excluding hydrogens is 190 g/mol. The van der Waals surface area contributed by atoms with Crippen LogP contribution in [-0.2, 0) is 17.9 Å². The topological polar surface area (TPSA) is 34.4 Å². The van der Waals surface area contributed by atoms with Crippen molar-refractivity contribution >= 4 is 0 Å². The van der Waals surface area contributed by atoms with E-state index in [0.717, 1.165) is 18.8 Å². The zero-order chi connectivity index (χ0) is 10.5. The molecule has 1 aromatic rings. The van der Waals surface area contributed by atoms with Crippen molar-refractivity contribution in [1.82, 2.24) is 5.32 Å². The zero-order valence-corrected chi connectivity index (χ0v) is 9.29. The van der Waals surface area contributed by atoms with Crippen LogP contribution in [0.5, 0.6) is 0 Å². The SMILES string of the molecule is CCNCc1ccoc1COC1CCC1. The van der Waals surface area contributed by atoms with Crippen molar-refractivity contribution in [2.45, 2.75) is 45.4 Å². The minimum Gasteiger partial charge on any atom is -0.467 e. The van der Waals surface area contributed by atoms with Crippen LogP contribution in [0.4, 0.5) is 0 Å². The van der Waals surface area contributed by atoms with Gasteiger partial charge in [0.15, 0.2) is 0 Å². The number of ether oxygens (including phenoxy) is 1. The van der Waals surface area contributed by atoms with Crippen molar-refractivity contribution in [2.24, 2.45) is 0 Å². The second-order valence-corrected chi connectivity index (χ2v) is 4.01. The van der Waals surface area contributed by atoms with Gasteiger partial charge in [-0.2, -0.15) is 0 Å². The van der Waals surface area contributed by atoms with E-state index in [-0.39, 0.29) is 0 Å². The van der Waals surface area contributed by atoms with Gasteiger partial charge in [0.25, 0.3) is 0 Å². The maximum atomic E-state index is 5.72. The van der Waals surface area contributed by atoms with E-state index in [9.17, 15) is 0 Å². The normalized spacial score (nSPS) is 16.6. The summed E-state index contributed by atoms with van der Waals surface area (Å²) in [5.74, 6) is 0.975. The lowest BCUT2D eigenvalue weighted by atomic mass is 9.96. The fourth-order valence-corrected chi connectivity index (χ4v) is 1.64. The zero-order valence-electron chi connectivity index (χ0n) is 9.29. The van der Waals surface area contributed by atoms with Crippen LogP contribution in [0, 0.1) is 0 Å². The monoisotopic (exact) mass is 209 g/mol. The molecule has 1 aromatic heterocycles. The molecule has 84 valence electrons. The maximum Gasteiger partial charge on any atom is 0.133 e. The first kappa shape index (κ1) is 10.7. The van der Waals surface area contributed by atoms with E-state index in [1.54, 1.807) is 6.26 Å². The van der Waals surface area contributed by atoms with Crippen LogP contribution in [-0.4, -0.2) is 12.6 Å². The minimum atomic E-state index is 0.474. The van der Waals surface area contributed by atoms with Crippen LogP contribution in [0.25, 0.3) is 0 Å². The molecule has 0 atom stereocenters. The molecule has 1 N–H and O–H groups in total. The van der Waals surface area contributed by atoms with Gasteiger partial charge in [-0.05, 0) is 31.9 Å². The molecule has 0 amide bonds. The van der Waals surface area contributed by atoms with E-state index in [1.807, 2.05) is 6.07 Å². The molecule has 0 bridgehead atoms. The predicted octanol–water partition coefficient (Wildman–Crippen LogP) is 2.46. The second kappa shape index (κ2) is 5.33. The molecule has 1 saturated carbocycles. The highest BCUT2D eigenvalue weighted by Crippen LogP contribution is 2.24. The van der Waals surface area contributed by atoms with Crippen molar-refractivity contribution in [3.05, 3.63) is 23.7 Å². The summed E-state index contributed by atoms with van der Waals surface area (Å²) in [6, 6.07) is 2.02. The molecule has 1 fully saturated rings. The van der Waals surface area contributed by atoms with Gasteiger partial charge in [-0.25, -0.2) is 0 Å². The predicted molar refractivity (Wildman–Crippen MR) is 58.5 cm³/mol. The lowest BCUT2D eigenvalue weighted by Crippen LogP contribution is -2.21. The van der Waals surface area contributed by atoms with Crippen LogP contribution in [0.1, 0.15) is 37.5 Å². The Kier molecular flexibility index (Phi) is 3.80. The van der Waals surface area contributed by atoms with Crippen LogP contribution in [0.3, 0.4) is 0 Å². The van der Waals surface area contributed by atoms with Gasteiger partial charge in [-0.15, -0.1) is 0 Å². The van der Waals surface area contributed by atoms with Gasteiger partial charge >= 0.3 is 0 Å². The van der Waals surface area contributed by atoms with E-state index in [4.69, 9.17) is 9.15 Å². The Morgan fingerprint density at radius 3 is 3.07 bits per heavy atom. The summed E-state index contributed by atoms with van der Waals surface area (Å²) in [6.07, 6.45) is 5.95. The van der Waals surface area contributed by atoms with Crippen molar-refractivity contribution in [3.63, 3.8) is 0 Å². The molecule has 3 nitrogen and oxygen atoms in total. The lowest BCUT2D eigenvalue weighted by Gasteiger charge is -2.25. The molecule has 0 saturated heterocycles. The van der Waals surface area contributed by atoms with Crippen LogP contribution in [0.2, 0.25) is 0 Å². The molecule has 0 unspecified atom stereocenters. The fourth-order valence-electron chi connectivity index (χ4n) is 1.64. The minimum absolute atomic E-state index is 0.474. The van der Waals surface area contributed by atoms with E-state index < -0.39 is 0 Å². The largest absolute Gasteiger partial charge is 0.467 e. The molecule has 1 heterocycles. The summed E-state index contributed by atoms with van der Waals surface area (Å²) < 4.78 is 11.1. The summed E-state index contributed by atoms with van der Waals surface area (Å²) in [6.45, 7) is 4.58. The van der Waals surface area contributed by atoms with Crippen molar-refractivity contribution in [2.75, 3.05) is 6.54 Å². The highest BCUT2D eigenvalue weighted by molar-refractivity contribution is 5.16. The summed E-state index contributed by atoms with van der Waals surface area (Å²) in [5.41, 5.74) is 1.22. The van der Waals surface area contributed by atoms with Gasteiger partial charge < -0.3 is 14.5 Å². The highest BCUT2D eigenvalue weighted by Gasteiger charge is 2.18. The van der Waals surface area contributed by atoms with Gasteiger partial charge in [0.1, 0.15) is 12.4 Å². The second-order valence-electron chi connectivity index (χ2n) is 4.01. The number of furan rings is 1. The Labute approximate surface area is 90.8 Å². The first-order valence-corrected chi connectivity index (χ1v) is 5.77. The Morgan fingerprint density at radius 1 is 1.53 bits per heavy atom. The third kappa shape index (κ3) is 2.83. The number of nitrogens with one attached hydrogen (secondary N) is 1. The number of hydrogen-bond acceptors (Lipinski definition) is 3. The Morgan fingerprint density at radius 2 is 2.40 bits per heavy atom. The number of rotatable bonds is 6. The lowest BCUT2D eigenvalue weighted by molar-refractivity contribution is -0.0161. The standard InChI is InChI=1S/C12H19NO2/c1-2-13-8-10-6-7-14-12(10)9-15-11-4-3-5-11/h6-7,11,13H,2-5,8-9H2,1H3. The third-order valence-electron chi connectivity index (χ3n) is 2.91. The first-order chi connectivity index (χ1) is 7.40. The molecule has 3 heteroatoms. The van der Waals surface area contributed by atoms with Crippen LogP contribution >= 0.6 is 0 Å². The average molecular weight is 209 g/mol. The molecule has 0 radical (unpaired) electrons. The van der Waals surface area contributed by atoms with E-state index in [1.165, 1.54) is 24.8 Å². The van der Waals surface area contributed by atoms with Crippen LogP contribution < -0.4 is 5.32 Å². The van der Waals surface area contributed by atoms with Crippen molar-refractivity contribution in [1.29, 1.82) is 0 Å². The molecule has 15 heavy (non-hydrogen) atoms. The van der Waals surface area contributed by atoms with E-state index in [2.05, 4.69) is 12.2 Å². The number of hydrogen-bond donors (Lipinski definition) is 1. The summed E-state index contributed by atoms with van der Waals surface area (Å²) >= 11 is 0. The van der Waals surface area contributed by atoms with Gasteiger partial charge in [0.2, 0.25) is 0 Å². The van der Waals surface area contributed by atoms with Crippen molar-refractivity contribution in [3.8, 4) is 0 Å². The average Bonchev–Trinajstić information content (AvgIpc) is 2.60. The van der Waals surface area contributed by atoms with Gasteiger partial charge in [-0.3, -0.25) is 0 Å². The van der Waals surface area contributed by atoms with E-state index in [0.29, 0.717) is 12.7 Å². The smallest absolute Gasteiger partial charge is 0.133 e. The fraction of sp³-hybridized carbons (Fsp3) is 0.667. The Bertz CT molecular complexity index is 292. The first-order valence-electron chi connectivity index (χ1n) is 5.77. The molecule has 0 spiro atoms. The maximum absolute atomic E-state index is 5.72. The van der Waals surface area contributed by atoms with Crippen LogP contribution in [0.15, 0.2) is 16.7 Å². The summed E-state index contributed by atoms with van der Waals surface area (Å²) in [4.78, 5) is 0.